The number of hydrogen-bond donors (Lipinski definition) is 2. The number of aryl methyl sites for hydroxylation is 1. The van der Waals surface area contributed by atoms with E-state index in [2.05, 4.69) is 19.2 Å². The van der Waals surface area contributed by atoms with Crippen LogP contribution in [0.2, 0.25) is 0 Å². The molecule has 1 saturated heterocycles. The number of nitrogen functional groups attached to an aromatic ring is 1. The van der Waals surface area contributed by atoms with Gasteiger partial charge in [0.25, 0.3) is 0 Å². The largest absolute Gasteiger partial charge is 0.397 e. The van der Waals surface area contributed by atoms with E-state index in [1.165, 1.54) is 0 Å². The first kappa shape index (κ1) is 11.3. The van der Waals surface area contributed by atoms with E-state index in [9.17, 15) is 0 Å². The van der Waals surface area contributed by atoms with E-state index in [0.29, 0.717) is 0 Å². The fraction of sp³-hybridized carbons (Fsp3) is 0.538. The lowest BCUT2D eigenvalue weighted by molar-refractivity contribution is 0.105. The minimum Gasteiger partial charge on any atom is -0.397 e. The first-order chi connectivity index (χ1) is 7.53. The van der Waals surface area contributed by atoms with Gasteiger partial charge in [0.05, 0.1) is 23.0 Å². The Morgan fingerprint density at radius 3 is 2.88 bits per heavy atom. The van der Waals surface area contributed by atoms with Gasteiger partial charge in [-0.15, -0.1) is 0 Å². The number of para-hydroxylation sites is 1. The summed E-state index contributed by atoms with van der Waals surface area (Å²) in [6.45, 7) is 7.13. The number of nitrogens with one attached hydrogen (secondary N) is 1. The van der Waals surface area contributed by atoms with Gasteiger partial charge in [0.15, 0.2) is 0 Å². The number of anilines is 2. The third-order valence-corrected chi connectivity index (χ3v) is 3.63. The van der Waals surface area contributed by atoms with Gasteiger partial charge >= 0.3 is 0 Å². The summed E-state index contributed by atoms with van der Waals surface area (Å²) in [7, 11) is 0. The van der Waals surface area contributed by atoms with Crippen LogP contribution in [0.3, 0.4) is 0 Å². The summed E-state index contributed by atoms with van der Waals surface area (Å²) in [5.41, 5.74) is 9.01. The highest BCUT2D eigenvalue weighted by Crippen LogP contribution is 2.32. The minimum absolute atomic E-state index is 0.0120. The van der Waals surface area contributed by atoms with Crippen molar-refractivity contribution in [3.05, 3.63) is 23.8 Å². The molecule has 1 fully saturated rings. The fourth-order valence-electron chi connectivity index (χ4n) is 2.10. The molecule has 3 nitrogen and oxygen atoms in total. The molecule has 2 rings (SSSR count). The second-order valence-electron chi connectivity index (χ2n) is 4.84. The quantitative estimate of drug-likeness (QED) is 0.753. The topological polar surface area (TPSA) is 47.3 Å². The third-order valence-electron chi connectivity index (χ3n) is 3.63. The van der Waals surface area contributed by atoms with Crippen molar-refractivity contribution in [2.24, 2.45) is 0 Å². The molecule has 1 aliphatic heterocycles. The second-order valence-corrected chi connectivity index (χ2v) is 4.84. The molecular weight excluding hydrogens is 200 g/mol. The summed E-state index contributed by atoms with van der Waals surface area (Å²) in [4.78, 5) is 0. The molecule has 0 bridgehead atoms. The lowest BCUT2D eigenvalue weighted by Gasteiger charge is -2.31. The summed E-state index contributed by atoms with van der Waals surface area (Å²) in [6, 6.07) is 6.08. The van der Waals surface area contributed by atoms with E-state index in [1.54, 1.807) is 0 Å². The van der Waals surface area contributed by atoms with E-state index in [0.717, 1.165) is 30.0 Å². The standard InChI is InChI=1S/C13H20N2O/c1-9-5-4-6-11(12(9)14)15-13(3)7-8-16-10(13)2/h4-6,10,15H,7-8,14H2,1-3H3. The second kappa shape index (κ2) is 3.98. The van der Waals surface area contributed by atoms with Gasteiger partial charge < -0.3 is 15.8 Å². The molecule has 3 N–H and O–H groups in total. The molecule has 2 atom stereocenters. The molecule has 0 amide bonds. The van der Waals surface area contributed by atoms with Crippen LogP contribution < -0.4 is 11.1 Å². The van der Waals surface area contributed by atoms with Crippen LogP contribution in [-0.4, -0.2) is 18.2 Å². The predicted molar refractivity (Wildman–Crippen MR) is 67.7 cm³/mol. The van der Waals surface area contributed by atoms with Gasteiger partial charge in [0.2, 0.25) is 0 Å². The Morgan fingerprint density at radius 1 is 1.50 bits per heavy atom. The van der Waals surface area contributed by atoms with E-state index in [1.807, 2.05) is 25.1 Å². The summed E-state index contributed by atoms with van der Waals surface area (Å²) in [6.07, 6.45) is 1.23. The molecular formula is C13H20N2O. The Hall–Kier alpha value is -1.22. The van der Waals surface area contributed by atoms with Crippen LogP contribution in [0.15, 0.2) is 18.2 Å². The molecule has 1 aromatic carbocycles. The van der Waals surface area contributed by atoms with Gasteiger partial charge in [-0.05, 0) is 38.8 Å². The van der Waals surface area contributed by atoms with Crippen molar-refractivity contribution in [1.29, 1.82) is 0 Å². The SMILES string of the molecule is Cc1cccc(NC2(C)CCOC2C)c1N. The van der Waals surface area contributed by atoms with Crippen molar-refractivity contribution in [1.82, 2.24) is 0 Å². The third kappa shape index (κ3) is 1.87. The monoisotopic (exact) mass is 220 g/mol. The van der Waals surface area contributed by atoms with Crippen LogP contribution in [0.25, 0.3) is 0 Å². The molecule has 1 aromatic rings. The van der Waals surface area contributed by atoms with Gasteiger partial charge in [0, 0.05) is 6.61 Å². The van der Waals surface area contributed by atoms with Crippen LogP contribution in [-0.2, 0) is 4.74 Å². The van der Waals surface area contributed by atoms with Crippen molar-refractivity contribution < 1.29 is 4.74 Å². The van der Waals surface area contributed by atoms with E-state index in [4.69, 9.17) is 10.5 Å². The average molecular weight is 220 g/mol. The number of nitrogens with two attached hydrogens (primary N) is 1. The summed E-state index contributed by atoms with van der Waals surface area (Å²) < 4.78 is 5.61. The maximum absolute atomic E-state index is 6.06. The van der Waals surface area contributed by atoms with Gasteiger partial charge in [-0.2, -0.15) is 0 Å². The first-order valence-corrected chi connectivity index (χ1v) is 5.78. The van der Waals surface area contributed by atoms with Crippen LogP contribution in [0.1, 0.15) is 25.8 Å². The Balaban J connectivity index is 2.24. The van der Waals surface area contributed by atoms with Crippen LogP contribution in [0, 0.1) is 6.92 Å². The number of rotatable bonds is 2. The molecule has 88 valence electrons. The Labute approximate surface area is 97.0 Å². The zero-order chi connectivity index (χ0) is 11.8. The van der Waals surface area contributed by atoms with E-state index >= 15 is 0 Å². The summed E-state index contributed by atoms with van der Waals surface area (Å²) in [5, 5.41) is 3.53. The summed E-state index contributed by atoms with van der Waals surface area (Å²) >= 11 is 0. The van der Waals surface area contributed by atoms with Gasteiger partial charge in [-0.25, -0.2) is 0 Å². The van der Waals surface area contributed by atoms with Crippen LogP contribution in [0.5, 0.6) is 0 Å². The number of benzene rings is 1. The maximum Gasteiger partial charge on any atom is 0.0774 e. The molecule has 16 heavy (non-hydrogen) atoms. The predicted octanol–water partition coefficient (Wildman–Crippen LogP) is 2.56. The van der Waals surface area contributed by atoms with Crippen molar-refractivity contribution in [3.8, 4) is 0 Å². The highest BCUT2D eigenvalue weighted by atomic mass is 16.5. The maximum atomic E-state index is 6.06. The normalized spacial score (nSPS) is 29.3. The molecule has 0 radical (unpaired) electrons. The summed E-state index contributed by atoms with van der Waals surface area (Å²) in [5.74, 6) is 0. The lowest BCUT2D eigenvalue weighted by atomic mass is 9.94. The molecule has 2 unspecified atom stereocenters. The highest BCUT2D eigenvalue weighted by Gasteiger charge is 2.37. The van der Waals surface area contributed by atoms with Crippen molar-refractivity contribution in [2.45, 2.75) is 38.8 Å². The Kier molecular flexibility index (Phi) is 2.80. The first-order valence-electron chi connectivity index (χ1n) is 5.78. The van der Waals surface area contributed by atoms with Crippen molar-refractivity contribution in [3.63, 3.8) is 0 Å². The molecule has 0 saturated carbocycles. The highest BCUT2D eigenvalue weighted by molar-refractivity contribution is 5.70. The van der Waals surface area contributed by atoms with Gasteiger partial charge in [-0.3, -0.25) is 0 Å². The Morgan fingerprint density at radius 2 is 2.25 bits per heavy atom. The minimum atomic E-state index is -0.0120. The molecule has 3 heteroatoms. The van der Waals surface area contributed by atoms with Gasteiger partial charge in [-0.1, -0.05) is 12.1 Å². The fourth-order valence-corrected chi connectivity index (χ4v) is 2.10. The Bertz CT molecular complexity index is 392. The zero-order valence-corrected chi connectivity index (χ0v) is 10.2. The molecule has 1 aliphatic rings. The molecule has 1 heterocycles. The van der Waals surface area contributed by atoms with Crippen LogP contribution in [0.4, 0.5) is 11.4 Å². The van der Waals surface area contributed by atoms with Gasteiger partial charge in [0.1, 0.15) is 0 Å². The number of hydrogen-bond acceptors (Lipinski definition) is 3. The lowest BCUT2D eigenvalue weighted by Crippen LogP contribution is -2.41. The van der Waals surface area contributed by atoms with E-state index < -0.39 is 0 Å². The van der Waals surface area contributed by atoms with E-state index in [-0.39, 0.29) is 11.6 Å². The zero-order valence-electron chi connectivity index (χ0n) is 10.2. The van der Waals surface area contributed by atoms with Crippen molar-refractivity contribution >= 4 is 11.4 Å². The van der Waals surface area contributed by atoms with Crippen molar-refractivity contribution in [2.75, 3.05) is 17.7 Å². The molecule has 0 spiro atoms. The molecule has 0 aliphatic carbocycles. The van der Waals surface area contributed by atoms with Crippen LogP contribution >= 0.6 is 0 Å². The number of ether oxygens (including phenoxy) is 1. The molecule has 0 aromatic heterocycles. The average Bonchev–Trinajstić information content (AvgIpc) is 2.55. The smallest absolute Gasteiger partial charge is 0.0774 e.